The van der Waals surface area contributed by atoms with Crippen LogP contribution in [0.2, 0.25) is 0 Å². The average molecular weight is 411 g/mol. The van der Waals surface area contributed by atoms with Crippen LogP contribution in [0.5, 0.6) is 0 Å². The van der Waals surface area contributed by atoms with Crippen molar-refractivity contribution in [2.75, 3.05) is 38.6 Å². The van der Waals surface area contributed by atoms with Crippen LogP contribution in [-0.4, -0.2) is 42.1 Å². The van der Waals surface area contributed by atoms with Crippen LogP contribution in [0.15, 0.2) is 39.2 Å². The molecule has 2 N–H and O–H groups in total. The number of halogens is 2. The molecule has 8 heteroatoms. The van der Waals surface area contributed by atoms with E-state index in [4.69, 9.17) is 0 Å². The molecule has 0 saturated heterocycles. The van der Waals surface area contributed by atoms with Crippen LogP contribution in [0.3, 0.4) is 0 Å². The summed E-state index contributed by atoms with van der Waals surface area (Å²) in [7, 11) is 0.233. The molecular weight excluding hydrogens is 390 g/mol. The largest absolute Gasteiger partial charge is 0.378 e. The van der Waals surface area contributed by atoms with E-state index in [1.54, 1.807) is 12.1 Å². The van der Waals surface area contributed by atoms with Gasteiger partial charge in [0.15, 0.2) is 0 Å². The molecule has 1 aliphatic rings. The predicted molar refractivity (Wildman–Crippen MR) is 96.5 cm³/mol. The first-order valence-corrected chi connectivity index (χ1v) is 9.03. The van der Waals surface area contributed by atoms with Gasteiger partial charge in [0.1, 0.15) is 0 Å². The van der Waals surface area contributed by atoms with Crippen molar-refractivity contribution in [3.8, 4) is 0 Å². The molecule has 1 aromatic carbocycles. The van der Waals surface area contributed by atoms with Gasteiger partial charge in [-0.1, -0.05) is 11.6 Å². The van der Waals surface area contributed by atoms with E-state index < -0.39 is 10.0 Å². The Balaban J connectivity index is 0.00000242. The average Bonchev–Trinajstić information content (AvgIpc) is 2.46. The van der Waals surface area contributed by atoms with Crippen molar-refractivity contribution in [2.24, 2.45) is 0 Å². The number of sulfonamides is 1. The van der Waals surface area contributed by atoms with Gasteiger partial charge in [0.05, 0.1) is 4.90 Å². The van der Waals surface area contributed by atoms with Gasteiger partial charge in [0.25, 0.3) is 0 Å². The topological polar surface area (TPSA) is 61.4 Å². The van der Waals surface area contributed by atoms with Crippen LogP contribution < -0.4 is 14.9 Å². The minimum atomic E-state index is -3.53. The zero-order valence-corrected chi connectivity index (χ0v) is 15.8. The molecule has 0 unspecified atom stereocenters. The van der Waals surface area contributed by atoms with Gasteiger partial charge in [-0.2, -0.15) is 0 Å². The summed E-state index contributed by atoms with van der Waals surface area (Å²) in [5, 5.41) is 3.21. The summed E-state index contributed by atoms with van der Waals surface area (Å²) in [6, 6.07) is 5.30. The van der Waals surface area contributed by atoms with E-state index in [0.717, 1.165) is 30.8 Å². The Labute approximate surface area is 146 Å². The number of nitrogens with zero attached hydrogens (tertiary/aromatic N) is 1. The molecule has 22 heavy (non-hydrogen) atoms. The van der Waals surface area contributed by atoms with Gasteiger partial charge in [-0.15, -0.1) is 12.4 Å². The van der Waals surface area contributed by atoms with Crippen LogP contribution in [0, 0.1) is 0 Å². The Bertz CT molecular complexity index is 647. The monoisotopic (exact) mass is 409 g/mol. The fraction of sp³-hybridized carbons (Fsp3) is 0.429. The number of anilines is 1. The van der Waals surface area contributed by atoms with Crippen molar-refractivity contribution < 1.29 is 8.42 Å². The first kappa shape index (κ1) is 19.4. The van der Waals surface area contributed by atoms with E-state index in [1.165, 1.54) is 0 Å². The third kappa shape index (κ3) is 4.96. The van der Waals surface area contributed by atoms with Gasteiger partial charge in [-0.25, -0.2) is 13.1 Å². The standard InChI is InChI=1S/C14H20BrN3O2S.ClH/c1-18(2)12-3-4-13(15)14(9-12)21(19,20)17-10-11-5-7-16-8-6-11;/h3-5,9,16-17H,6-8,10H2,1-2H3;1H. The lowest BCUT2D eigenvalue weighted by Gasteiger charge is -2.17. The van der Waals surface area contributed by atoms with Crippen LogP contribution in [-0.2, 0) is 10.0 Å². The Hall–Kier alpha value is -0.600. The molecule has 0 bridgehead atoms. The Morgan fingerprint density at radius 2 is 2.09 bits per heavy atom. The molecule has 2 rings (SSSR count). The second-order valence-electron chi connectivity index (χ2n) is 5.15. The number of nitrogens with one attached hydrogen (secondary N) is 2. The zero-order valence-electron chi connectivity index (χ0n) is 12.6. The van der Waals surface area contributed by atoms with Gasteiger partial charge < -0.3 is 10.2 Å². The van der Waals surface area contributed by atoms with Crippen LogP contribution in [0.4, 0.5) is 5.69 Å². The maximum absolute atomic E-state index is 12.5. The molecule has 1 aromatic rings. The molecular formula is C14H21BrClN3O2S. The third-order valence-electron chi connectivity index (χ3n) is 3.37. The van der Waals surface area contributed by atoms with Crippen molar-refractivity contribution in [3.05, 3.63) is 34.3 Å². The predicted octanol–water partition coefficient (Wildman–Crippen LogP) is 2.13. The van der Waals surface area contributed by atoms with E-state index in [1.807, 2.05) is 31.1 Å². The van der Waals surface area contributed by atoms with Crippen LogP contribution in [0.1, 0.15) is 6.42 Å². The highest BCUT2D eigenvalue weighted by atomic mass is 79.9. The van der Waals surface area contributed by atoms with E-state index in [9.17, 15) is 8.42 Å². The highest BCUT2D eigenvalue weighted by molar-refractivity contribution is 9.10. The maximum Gasteiger partial charge on any atom is 0.242 e. The number of hydrogen-bond acceptors (Lipinski definition) is 4. The van der Waals surface area contributed by atoms with Crippen molar-refractivity contribution >= 4 is 44.0 Å². The molecule has 0 fully saturated rings. The molecule has 0 amide bonds. The summed E-state index contributed by atoms with van der Waals surface area (Å²) in [5.41, 5.74) is 1.97. The van der Waals surface area contributed by atoms with Crippen molar-refractivity contribution in [1.82, 2.24) is 10.0 Å². The van der Waals surface area contributed by atoms with Gasteiger partial charge in [-0.05, 0) is 47.1 Å². The fourth-order valence-corrected chi connectivity index (χ4v) is 4.09. The highest BCUT2D eigenvalue weighted by Gasteiger charge is 2.19. The molecule has 0 saturated carbocycles. The summed E-state index contributed by atoms with van der Waals surface area (Å²) in [4.78, 5) is 2.14. The molecule has 0 spiro atoms. The molecule has 1 heterocycles. The molecule has 124 valence electrons. The third-order valence-corrected chi connectivity index (χ3v) is 5.76. The van der Waals surface area contributed by atoms with Crippen molar-refractivity contribution in [1.29, 1.82) is 0 Å². The van der Waals surface area contributed by atoms with E-state index in [0.29, 0.717) is 11.0 Å². The van der Waals surface area contributed by atoms with Gasteiger partial charge in [0, 0.05) is 37.3 Å². The molecule has 0 aliphatic carbocycles. The van der Waals surface area contributed by atoms with Gasteiger partial charge in [0.2, 0.25) is 10.0 Å². The van der Waals surface area contributed by atoms with Crippen molar-refractivity contribution in [3.63, 3.8) is 0 Å². The minimum absolute atomic E-state index is 0. The van der Waals surface area contributed by atoms with Crippen LogP contribution in [0.25, 0.3) is 0 Å². The lowest BCUT2D eigenvalue weighted by atomic mass is 10.1. The van der Waals surface area contributed by atoms with Crippen molar-refractivity contribution in [2.45, 2.75) is 11.3 Å². The number of benzene rings is 1. The van der Waals surface area contributed by atoms with Gasteiger partial charge >= 0.3 is 0 Å². The number of rotatable bonds is 5. The maximum atomic E-state index is 12.5. The molecule has 0 atom stereocenters. The second-order valence-corrected chi connectivity index (χ2v) is 7.74. The normalized spacial score (nSPS) is 15.0. The summed E-state index contributed by atoms with van der Waals surface area (Å²) >= 11 is 3.32. The van der Waals surface area contributed by atoms with E-state index >= 15 is 0 Å². The summed E-state index contributed by atoms with van der Waals surface area (Å²) in [6.07, 6.45) is 2.92. The summed E-state index contributed by atoms with van der Waals surface area (Å²) in [5.74, 6) is 0. The number of hydrogen-bond donors (Lipinski definition) is 2. The summed E-state index contributed by atoms with van der Waals surface area (Å²) < 4.78 is 28.2. The smallest absolute Gasteiger partial charge is 0.242 e. The molecule has 5 nitrogen and oxygen atoms in total. The van der Waals surface area contributed by atoms with Crippen LogP contribution >= 0.6 is 28.3 Å². The first-order chi connectivity index (χ1) is 9.90. The van der Waals surface area contributed by atoms with E-state index in [2.05, 4.69) is 26.0 Å². The minimum Gasteiger partial charge on any atom is -0.378 e. The van der Waals surface area contributed by atoms with Gasteiger partial charge in [-0.3, -0.25) is 0 Å². The lowest BCUT2D eigenvalue weighted by Crippen LogP contribution is -2.30. The quantitative estimate of drug-likeness (QED) is 0.730. The van der Waals surface area contributed by atoms with E-state index in [-0.39, 0.29) is 17.3 Å². The zero-order chi connectivity index (χ0) is 15.5. The highest BCUT2D eigenvalue weighted by Crippen LogP contribution is 2.26. The Morgan fingerprint density at radius 1 is 1.36 bits per heavy atom. The molecule has 1 aliphatic heterocycles. The second kappa shape index (κ2) is 8.31. The lowest BCUT2D eigenvalue weighted by molar-refractivity contribution is 0.582. The Morgan fingerprint density at radius 3 is 2.68 bits per heavy atom. The fourth-order valence-electron chi connectivity index (χ4n) is 2.07. The molecule has 0 radical (unpaired) electrons. The first-order valence-electron chi connectivity index (χ1n) is 6.75. The summed E-state index contributed by atoms with van der Waals surface area (Å²) in [6.45, 7) is 2.06. The Kier molecular flexibility index (Phi) is 7.34. The molecule has 0 aromatic heterocycles. The SMILES string of the molecule is CN(C)c1ccc(Br)c(S(=O)(=O)NCC2=CCNCC2)c1.Cl.